The Hall–Kier alpha value is -2.94. The first-order valence-corrected chi connectivity index (χ1v) is 9.64. The van der Waals surface area contributed by atoms with Gasteiger partial charge in [0.2, 0.25) is 0 Å². The van der Waals surface area contributed by atoms with E-state index in [1.807, 2.05) is 30.3 Å². The highest BCUT2D eigenvalue weighted by Crippen LogP contribution is 2.46. The molecule has 0 saturated carbocycles. The molecule has 30 heavy (non-hydrogen) atoms. The third-order valence-electron chi connectivity index (χ3n) is 5.04. The minimum absolute atomic E-state index is 0.0656. The molecule has 0 spiro atoms. The number of furan rings is 1. The lowest BCUT2D eigenvalue weighted by atomic mass is 10.0. The summed E-state index contributed by atoms with van der Waals surface area (Å²) in [6.07, 6.45) is -3.54. The van der Waals surface area contributed by atoms with Crippen LogP contribution >= 0.6 is 11.6 Å². The minimum Gasteiger partial charge on any atom is -0.467 e. The summed E-state index contributed by atoms with van der Waals surface area (Å²) in [5.41, 5.74) is 0.575. The Balaban J connectivity index is 1.65. The fourth-order valence-electron chi connectivity index (χ4n) is 3.50. The SMILES string of the molecule is CC(NC(=O)c1nn2c(c1Cl)NC(c1ccco1)CC2C(F)(F)F)c1ccccc1. The van der Waals surface area contributed by atoms with Crippen molar-refractivity contribution in [3.63, 3.8) is 0 Å². The Morgan fingerprint density at radius 3 is 2.67 bits per heavy atom. The van der Waals surface area contributed by atoms with Crippen molar-refractivity contribution >= 4 is 23.3 Å². The molecule has 0 aliphatic carbocycles. The molecule has 3 aromatic rings. The third kappa shape index (κ3) is 3.77. The quantitative estimate of drug-likeness (QED) is 0.581. The van der Waals surface area contributed by atoms with Crippen molar-refractivity contribution in [2.75, 3.05) is 5.32 Å². The van der Waals surface area contributed by atoms with Gasteiger partial charge in [-0.05, 0) is 24.6 Å². The van der Waals surface area contributed by atoms with Crippen LogP contribution < -0.4 is 10.6 Å². The molecule has 6 nitrogen and oxygen atoms in total. The largest absolute Gasteiger partial charge is 0.467 e. The molecule has 3 heterocycles. The summed E-state index contributed by atoms with van der Waals surface area (Å²) in [4.78, 5) is 12.7. The highest BCUT2D eigenvalue weighted by atomic mass is 35.5. The van der Waals surface area contributed by atoms with Crippen LogP contribution in [0.15, 0.2) is 53.1 Å². The molecule has 3 atom stereocenters. The summed E-state index contributed by atoms with van der Waals surface area (Å²) in [6.45, 7) is 1.76. The second-order valence-electron chi connectivity index (χ2n) is 7.07. The molecular weight excluding hydrogens is 421 g/mol. The summed E-state index contributed by atoms with van der Waals surface area (Å²) < 4.78 is 47.2. The number of benzene rings is 1. The zero-order valence-corrected chi connectivity index (χ0v) is 16.5. The molecule has 0 bridgehead atoms. The Morgan fingerprint density at radius 1 is 1.30 bits per heavy atom. The molecule has 1 aromatic carbocycles. The Kier molecular flexibility index (Phi) is 5.23. The van der Waals surface area contributed by atoms with Gasteiger partial charge in [-0.3, -0.25) is 4.79 Å². The lowest BCUT2D eigenvalue weighted by molar-refractivity contribution is -0.174. The summed E-state index contributed by atoms with van der Waals surface area (Å²) in [5.74, 6) is -0.379. The van der Waals surface area contributed by atoms with Gasteiger partial charge < -0.3 is 15.1 Å². The average molecular weight is 439 g/mol. The van der Waals surface area contributed by atoms with Gasteiger partial charge in [-0.2, -0.15) is 18.3 Å². The molecule has 0 fully saturated rings. The van der Waals surface area contributed by atoms with Crippen molar-refractivity contribution in [1.82, 2.24) is 15.1 Å². The Labute approximate surface area is 175 Å². The van der Waals surface area contributed by atoms with Gasteiger partial charge in [0.25, 0.3) is 5.91 Å². The number of carbonyl (C=O) groups is 1. The zero-order chi connectivity index (χ0) is 21.5. The van der Waals surface area contributed by atoms with Gasteiger partial charge in [0, 0.05) is 6.42 Å². The lowest BCUT2D eigenvalue weighted by Crippen LogP contribution is -2.35. The predicted molar refractivity (Wildman–Crippen MR) is 104 cm³/mol. The van der Waals surface area contributed by atoms with Crippen LogP contribution in [0.1, 0.15) is 53.3 Å². The fourth-order valence-corrected chi connectivity index (χ4v) is 3.77. The maximum Gasteiger partial charge on any atom is 0.410 e. The van der Waals surface area contributed by atoms with E-state index in [4.69, 9.17) is 16.0 Å². The molecule has 2 N–H and O–H groups in total. The second kappa shape index (κ2) is 7.71. The number of halogens is 4. The highest BCUT2D eigenvalue weighted by molar-refractivity contribution is 6.36. The van der Waals surface area contributed by atoms with Gasteiger partial charge >= 0.3 is 6.18 Å². The average Bonchev–Trinajstić information content (AvgIpc) is 3.36. The van der Waals surface area contributed by atoms with Crippen molar-refractivity contribution < 1.29 is 22.4 Å². The van der Waals surface area contributed by atoms with Gasteiger partial charge in [-0.25, -0.2) is 4.68 Å². The molecule has 3 unspecified atom stereocenters. The van der Waals surface area contributed by atoms with Gasteiger partial charge in [-0.15, -0.1) is 0 Å². The molecule has 0 saturated heterocycles. The summed E-state index contributed by atoms with van der Waals surface area (Å²) >= 11 is 6.30. The van der Waals surface area contributed by atoms with Crippen LogP contribution in [0.2, 0.25) is 5.02 Å². The van der Waals surface area contributed by atoms with E-state index in [0.717, 1.165) is 10.2 Å². The number of aromatic nitrogens is 2. The fraction of sp³-hybridized carbons (Fsp3) is 0.300. The first-order chi connectivity index (χ1) is 14.3. The van der Waals surface area contributed by atoms with E-state index in [9.17, 15) is 18.0 Å². The van der Waals surface area contributed by atoms with Crippen LogP contribution in [-0.4, -0.2) is 21.9 Å². The first-order valence-electron chi connectivity index (χ1n) is 9.26. The van der Waals surface area contributed by atoms with Gasteiger partial charge in [0.15, 0.2) is 11.7 Å². The standard InChI is InChI=1S/C20H18ClF3N4O2/c1-11(12-6-3-2-4-7-12)25-19(29)17-16(21)18-26-13(14-8-5-9-30-14)10-15(20(22,23)24)28(18)27-17/h2-9,11,13,15,26H,10H2,1H3,(H,25,29). The zero-order valence-electron chi connectivity index (χ0n) is 15.8. The summed E-state index contributed by atoms with van der Waals surface area (Å²) in [7, 11) is 0. The van der Waals surface area contributed by atoms with E-state index in [1.54, 1.807) is 19.1 Å². The number of carbonyl (C=O) groups excluding carboxylic acids is 1. The summed E-state index contributed by atoms with van der Waals surface area (Å²) in [6, 6.07) is 9.26. The number of hydrogen-bond donors (Lipinski definition) is 2. The maximum atomic E-state index is 13.7. The maximum absolute atomic E-state index is 13.7. The molecule has 2 aromatic heterocycles. The predicted octanol–water partition coefficient (Wildman–Crippen LogP) is 5.28. The minimum atomic E-state index is -4.58. The second-order valence-corrected chi connectivity index (χ2v) is 7.45. The number of amides is 1. The first kappa shape index (κ1) is 20.3. The molecule has 158 valence electrons. The third-order valence-corrected chi connectivity index (χ3v) is 5.40. The van der Waals surface area contributed by atoms with E-state index < -0.39 is 24.2 Å². The van der Waals surface area contributed by atoms with Crippen molar-refractivity contribution in [3.05, 3.63) is 70.8 Å². The van der Waals surface area contributed by atoms with E-state index in [1.165, 1.54) is 6.26 Å². The number of nitrogens with one attached hydrogen (secondary N) is 2. The molecular formula is C20H18ClF3N4O2. The van der Waals surface area contributed by atoms with Crippen LogP contribution in [0.25, 0.3) is 0 Å². The highest BCUT2D eigenvalue weighted by Gasteiger charge is 2.48. The van der Waals surface area contributed by atoms with Crippen LogP contribution in [0.5, 0.6) is 0 Å². The van der Waals surface area contributed by atoms with Gasteiger partial charge in [0.05, 0.1) is 18.3 Å². The number of alkyl halides is 3. The lowest BCUT2D eigenvalue weighted by Gasteiger charge is -2.32. The number of nitrogens with zero attached hydrogens (tertiary/aromatic N) is 2. The van der Waals surface area contributed by atoms with Crippen molar-refractivity contribution in [1.29, 1.82) is 0 Å². The molecule has 10 heteroatoms. The van der Waals surface area contributed by atoms with Crippen LogP contribution in [-0.2, 0) is 0 Å². The van der Waals surface area contributed by atoms with E-state index >= 15 is 0 Å². The number of fused-ring (bicyclic) bond motifs is 1. The van der Waals surface area contributed by atoms with Gasteiger partial charge in [-0.1, -0.05) is 41.9 Å². The Bertz CT molecular complexity index is 1030. The smallest absolute Gasteiger partial charge is 0.410 e. The molecule has 1 amide bonds. The monoisotopic (exact) mass is 438 g/mol. The molecule has 1 aliphatic rings. The molecule has 4 rings (SSSR count). The van der Waals surface area contributed by atoms with Crippen LogP contribution in [0, 0.1) is 0 Å². The van der Waals surface area contributed by atoms with Crippen LogP contribution in [0.3, 0.4) is 0 Å². The van der Waals surface area contributed by atoms with Crippen molar-refractivity contribution in [2.24, 2.45) is 0 Å². The van der Waals surface area contributed by atoms with Crippen molar-refractivity contribution in [3.8, 4) is 0 Å². The summed E-state index contributed by atoms with van der Waals surface area (Å²) in [5, 5.41) is 9.40. The van der Waals surface area contributed by atoms with E-state index in [2.05, 4.69) is 15.7 Å². The number of rotatable bonds is 4. The molecule has 1 aliphatic heterocycles. The van der Waals surface area contributed by atoms with Gasteiger partial charge in [0.1, 0.15) is 16.6 Å². The normalized spacial score (nSPS) is 19.6. The topological polar surface area (TPSA) is 72.1 Å². The van der Waals surface area contributed by atoms with E-state index in [-0.39, 0.29) is 29.0 Å². The Morgan fingerprint density at radius 2 is 2.03 bits per heavy atom. The van der Waals surface area contributed by atoms with Crippen molar-refractivity contribution in [2.45, 2.75) is 37.6 Å². The number of hydrogen-bond acceptors (Lipinski definition) is 4. The number of anilines is 1. The van der Waals surface area contributed by atoms with E-state index in [0.29, 0.717) is 5.76 Å². The van der Waals surface area contributed by atoms with Crippen LogP contribution in [0.4, 0.5) is 19.0 Å². The molecule has 0 radical (unpaired) electrons.